The number of carbonyl (C=O) groups excluding carboxylic acids is 2. The molecule has 0 aliphatic heterocycles. The van der Waals surface area contributed by atoms with E-state index in [0.29, 0.717) is 24.6 Å². The average Bonchev–Trinajstić information content (AvgIpc) is 3.09. The van der Waals surface area contributed by atoms with Crippen molar-refractivity contribution in [3.8, 4) is 5.75 Å². The van der Waals surface area contributed by atoms with Gasteiger partial charge < -0.3 is 15.0 Å². The highest BCUT2D eigenvalue weighted by Gasteiger charge is 2.34. The molecule has 10 heteroatoms. The molecule has 0 saturated heterocycles. The van der Waals surface area contributed by atoms with Gasteiger partial charge in [-0.15, -0.1) is 11.8 Å². The maximum absolute atomic E-state index is 14.6. The van der Waals surface area contributed by atoms with Gasteiger partial charge in [0.1, 0.15) is 18.3 Å². The van der Waals surface area contributed by atoms with Gasteiger partial charge in [0.15, 0.2) is 0 Å². The fourth-order valence-electron chi connectivity index (χ4n) is 5.15. The Morgan fingerprint density at radius 2 is 1.50 bits per heavy atom. The number of rotatable bonds is 16. The van der Waals surface area contributed by atoms with E-state index in [2.05, 4.69) is 5.32 Å². The van der Waals surface area contributed by atoms with Gasteiger partial charge in [-0.3, -0.25) is 13.9 Å². The van der Waals surface area contributed by atoms with Gasteiger partial charge in [-0.2, -0.15) is 0 Å². The summed E-state index contributed by atoms with van der Waals surface area (Å²) in [6.45, 7) is 8.36. The quantitative estimate of drug-likeness (QED) is 0.131. The Morgan fingerprint density at radius 1 is 0.854 bits per heavy atom. The molecule has 0 radical (unpaired) electrons. The van der Waals surface area contributed by atoms with Crippen LogP contribution in [0, 0.1) is 12.8 Å². The van der Waals surface area contributed by atoms with Crippen molar-refractivity contribution in [2.45, 2.75) is 56.5 Å². The molecule has 1 atom stereocenters. The first-order valence-corrected chi connectivity index (χ1v) is 18.7. The van der Waals surface area contributed by atoms with Gasteiger partial charge in [-0.25, -0.2) is 8.42 Å². The number of nitrogens with zero attached hydrogens (tertiary/aromatic N) is 2. The SMILES string of the molecule is CCOc1ccc(N(CC(=O)N(Cc2ccc(C)cc2)[C@@H](Cc2ccccc2)C(=O)NCC(C)C)S(=O)(=O)c2ccc(SC)cc2)cc1. The zero-order chi connectivity index (χ0) is 34.7. The summed E-state index contributed by atoms with van der Waals surface area (Å²) in [4.78, 5) is 31.0. The van der Waals surface area contributed by atoms with Crippen LogP contribution in [0.2, 0.25) is 0 Å². The van der Waals surface area contributed by atoms with E-state index in [1.54, 1.807) is 48.5 Å². The lowest BCUT2D eigenvalue weighted by molar-refractivity contribution is -0.140. The van der Waals surface area contributed by atoms with Crippen molar-refractivity contribution in [2.75, 3.05) is 30.3 Å². The largest absolute Gasteiger partial charge is 0.494 e. The second-order valence-corrected chi connectivity index (χ2v) is 14.7. The lowest BCUT2D eigenvalue weighted by Gasteiger charge is -2.34. The third-order valence-electron chi connectivity index (χ3n) is 7.79. The van der Waals surface area contributed by atoms with Gasteiger partial charge >= 0.3 is 0 Å². The first-order valence-electron chi connectivity index (χ1n) is 16.1. The number of carbonyl (C=O) groups is 2. The van der Waals surface area contributed by atoms with Gasteiger partial charge in [-0.05, 0) is 85.7 Å². The summed E-state index contributed by atoms with van der Waals surface area (Å²) >= 11 is 1.51. The van der Waals surface area contributed by atoms with Gasteiger partial charge in [0.25, 0.3) is 10.0 Å². The minimum absolute atomic E-state index is 0.0579. The Bertz CT molecular complexity index is 1730. The molecule has 0 aliphatic rings. The summed E-state index contributed by atoms with van der Waals surface area (Å²) in [6, 6.07) is 29.6. The molecule has 0 aliphatic carbocycles. The van der Waals surface area contributed by atoms with Gasteiger partial charge in [0, 0.05) is 24.4 Å². The van der Waals surface area contributed by atoms with Crippen LogP contribution in [0.15, 0.2) is 113 Å². The summed E-state index contributed by atoms with van der Waals surface area (Å²) < 4.78 is 35.3. The standard InChI is InChI=1S/C38H45N3O5S2/c1-6-46-33-18-16-32(17-19-33)41(48(44,45)35-22-20-34(47-5)21-23-35)27-37(42)40(26-31-14-12-29(4)13-15-31)36(38(43)39-25-28(2)3)24-30-10-8-7-9-11-30/h7-23,28,36H,6,24-27H2,1-5H3,(H,39,43)/t36-/m0/s1. The van der Waals surface area contributed by atoms with Crippen LogP contribution < -0.4 is 14.4 Å². The molecule has 0 saturated carbocycles. The van der Waals surface area contributed by atoms with Gasteiger partial charge in [0.2, 0.25) is 11.8 Å². The lowest BCUT2D eigenvalue weighted by atomic mass is 10.0. The fourth-order valence-corrected chi connectivity index (χ4v) is 6.97. The monoisotopic (exact) mass is 687 g/mol. The van der Waals surface area contributed by atoms with Crippen molar-refractivity contribution in [1.82, 2.24) is 10.2 Å². The molecule has 4 aromatic rings. The Morgan fingerprint density at radius 3 is 2.08 bits per heavy atom. The minimum atomic E-state index is -4.20. The summed E-state index contributed by atoms with van der Waals surface area (Å²) in [5.41, 5.74) is 3.08. The molecule has 48 heavy (non-hydrogen) atoms. The average molecular weight is 688 g/mol. The number of ether oxygens (including phenoxy) is 1. The maximum atomic E-state index is 14.6. The molecule has 0 aromatic heterocycles. The Labute approximate surface area is 289 Å². The molecular formula is C38H45N3O5S2. The molecule has 0 fully saturated rings. The van der Waals surface area contributed by atoms with Crippen molar-refractivity contribution < 1.29 is 22.7 Å². The minimum Gasteiger partial charge on any atom is -0.494 e. The van der Waals surface area contributed by atoms with Crippen molar-refractivity contribution in [1.29, 1.82) is 0 Å². The summed E-state index contributed by atoms with van der Waals surface area (Å²) in [6.07, 6.45) is 2.18. The summed E-state index contributed by atoms with van der Waals surface area (Å²) in [5.74, 6) is -0.0177. The predicted octanol–water partition coefficient (Wildman–Crippen LogP) is 6.72. The molecule has 254 valence electrons. The number of hydrogen-bond acceptors (Lipinski definition) is 6. The Balaban J connectivity index is 1.79. The van der Waals surface area contributed by atoms with Crippen LogP contribution in [0.25, 0.3) is 0 Å². The third kappa shape index (κ3) is 9.87. The fraction of sp³-hybridized carbons (Fsp3) is 0.316. The van der Waals surface area contributed by atoms with E-state index in [1.807, 2.05) is 88.5 Å². The number of nitrogens with one attached hydrogen (secondary N) is 1. The van der Waals surface area contributed by atoms with Crippen LogP contribution in [0.3, 0.4) is 0 Å². The molecule has 0 heterocycles. The van der Waals surface area contributed by atoms with E-state index >= 15 is 0 Å². The Hall–Kier alpha value is -4.28. The van der Waals surface area contributed by atoms with Crippen LogP contribution in [0.5, 0.6) is 5.75 Å². The molecule has 4 aromatic carbocycles. The van der Waals surface area contributed by atoms with E-state index in [-0.39, 0.29) is 29.7 Å². The first-order chi connectivity index (χ1) is 23.0. The van der Waals surface area contributed by atoms with E-state index < -0.39 is 28.5 Å². The van der Waals surface area contributed by atoms with Gasteiger partial charge in [0.05, 0.1) is 17.2 Å². The predicted molar refractivity (Wildman–Crippen MR) is 194 cm³/mol. The first kappa shape index (κ1) is 36.6. The molecule has 0 spiro atoms. The second-order valence-electron chi connectivity index (χ2n) is 12.0. The number of hydrogen-bond donors (Lipinski definition) is 1. The van der Waals surface area contributed by atoms with E-state index in [1.165, 1.54) is 16.7 Å². The van der Waals surface area contributed by atoms with Crippen molar-refractivity contribution >= 4 is 39.3 Å². The highest BCUT2D eigenvalue weighted by molar-refractivity contribution is 7.98. The number of sulfonamides is 1. The molecule has 4 rings (SSSR count). The van der Waals surface area contributed by atoms with Crippen LogP contribution in [-0.4, -0.2) is 57.1 Å². The number of thioether (sulfide) groups is 1. The summed E-state index contributed by atoms with van der Waals surface area (Å²) in [7, 11) is -4.20. The topological polar surface area (TPSA) is 96.0 Å². The molecular weight excluding hydrogens is 643 g/mol. The van der Waals surface area contributed by atoms with Crippen molar-refractivity contribution in [3.05, 3.63) is 120 Å². The van der Waals surface area contributed by atoms with Crippen LogP contribution in [0.4, 0.5) is 5.69 Å². The normalized spacial score (nSPS) is 12.0. The van der Waals surface area contributed by atoms with Crippen LogP contribution >= 0.6 is 11.8 Å². The van der Waals surface area contributed by atoms with Crippen molar-refractivity contribution in [3.63, 3.8) is 0 Å². The lowest BCUT2D eigenvalue weighted by Crippen LogP contribution is -2.53. The molecule has 8 nitrogen and oxygen atoms in total. The highest BCUT2D eigenvalue weighted by atomic mass is 32.2. The summed E-state index contributed by atoms with van der Waals surface area (Å²) in [5, 5.41) is 3.02. The molecule has 2 amide bonds. The van der Waals surface area contributed by atoms with Crippen molar-refractivity contribution in [2.24, 2.45) is 5.92 Å². The van der Waals surface area contributed by atoms with E-state index in [4.69, 9.17) is 4.74 Å². The second kappa shape index (κ2) is 17.2. The molecule has 0 unspecified atom stereocenters. The molecule has 1 N–H and O–H groups in total. The van der Waals surface area contributed by atoms with E-state index in [9.17, 15) is 18.0 Å². The number of anilines is 1. The third-order valence-corrected chi connectivity index (χ3v) is 10.3. The smallest absolute Gasteiger partial charge is 0.264 e. The number of aryl methyl sites for hydroxylation is 1. The Kier molecular flexibility index (Phi) is 13.1. The van der Waals surface area contributed by atoms with Gasteiger partial charge in [-0.1, -0.05) is 74.0 Å². The van der Waals surface area contributed by atoms with E-state index in [0.717, 1.165) is 25.9 Å². The maximum Gasteiger partial charge on any atom is 0.264 e. The number of benzene rings is 4. The zero-order valence-corrected chi connectivity index (χ0v) is 29.9. The number of amides is 2. The van der Waals surface area contributed by atoms with Crippen LogP contribution in [-0.2, 0) is 32.6 Å². The highest BCUT2D eigenvalue weighted by Crippen LogP contribution is 2.28. The zero-order valence-electron chi connectivity index (χ0n) is 28.3. The molecule has 0 bridgehead atoms. The van der Waals surface area contributed by atoms with Crippen LogP contribution in [0.1, 0.15) is 37.5 Å².